The quantitative estimate of drug-likeness (QED) is 0.911. The molecule has 0 radical (unpaired) electrons. The molecule has 6 nitrogen and oxygen atoms in total. The first-order valence-corrected chi connectivity index (χ1v) is 6.88. The van der Waals surface area contributed by atoms with E-state index in [2.05, 4.69) is 20.3 Å². The minimum atomic E-state index is 0.0149. The lowest BCUT2D eigenvalue weighted by atomic mass is 10.2. The van der Waals surface area contributed by atoms with Gasteiger partial charge in [0.05, 0.1) is 6.10 Å². The maximum Gasteiger partial charge on any atom is 0.322 e. The third kappa shape index (κ3) is 3.81. The van der Waals surface area contributed by atoms with Gasteiger partial charge in [0.2, 0.25) is 5.95 Å². The Bertz CT molecular complexity index is 596. The highest BCUT2D eigenvalue weighted by Gasteiger charge is 2.10. The van der Waals surface area contributed by atoms with Crippen molar-refractivity contribution in [3.63, 3.8) is 0 Å². The zero-order valence-corrected chi connectivity index (χ0v) is 13.1. The van der Waals surface area contributed by atoms with Gasteiger partial charge in [-0.2, -0.15) is 15.0 Å². The SMILES string of the molecule is CNc1nc(OC(C)C)nc(-c2ccc(N(C)C)cc2)n1. The molecular weight excluding hydrogens is 266 g/mol. The summed E-state index contributed by atoms with van der Waals surface area (Å²) in [6, 6.07) is 8.37. The molecule has 0 saturated carbocycles. The first-order valence-electron chi connectivity index (χ1n) is 6.88. The Balaban J connectivity index is 2.37. The number of ether oxygens (including phenoxy) is 1. The van der Waals surface area contributed by atoms with Gasteiger partial charge in [-0.25, -0.2) is 0 Å². The van der Waals surface area contributed by atoms with Crippen molar-refractivity contribution in [1.29, 1.82) is 0 Å². The summed E-state index contributed by atoms with van der Waals surface area (Å²) in [6.07, 6.45) is 0.0149. The van der Waals surface area contributed by atoms with E-state index in [0.717, 1.165) is 11.3 Å². The highest BCUT2D eigenvalue weighted by Crippen LogP contribution is 2.22. The van der Waals surface area contributed by atoms with Crippen LogP contribution in [0.5, 0.6) is 6.01 Å². The molecule has 0 aliphatic rings. The lowest BCUT2D eigenvalue weighted by molar-refractivity contribution is 0.222. The summed E-state index contributed by atoms with van der Waals surface area (Å²) < 4.78 is 5.57. The van der Waals surface area contributed by atoms with Gasteiger partial charge in [0.25, 0.3) is 0 Å². The van der Waals surface area contributed by atoms with Crippen LogP contribution in [0.4, 0.5) is 11.6 Å². The van der Waals surface area contributed by atoms with Crippen LogP contribution in [0.15, 0.2) is 24.3 Å². The van der Waals surface area contributed by atoms with E-state index in [1.165, 1.54) is 0 Å². The van der Waals surface area contributed by atoms with Crippen LogP contribution in [0, 0.1) is 0 Å². The van der Waals surface area contributed by atoms with E-state index in [-0.39, 0.29) is 6.10 Å². The molecule has 1 aromatic heterocycles. The van der Waals surface area contributed by atoms with E-state index in [0.29, 0.717) is 17.8 Å². The predicted octanol–water partition coefficient (Wildman–Crippen LogP) is 2.43. The zero-order chi connectivity index (χ0) is 15.4. The molecule has 0 atom stereocenters. The molecule has 0 saturated heterocycles. The fourth-order valence-corrected chi connectivity index (χ4v) is 1.77. The second-order valence-corrected chi connectivity index (χ2v) is 5.12. The van der Waals surface area contributed by atoms with Crippen molar-refractivity contribution in [3.05, 3.63) is 24.3 Å². The first kappa shape index (κ1) is 15.0. The van der Waals surface area contributed by atoms with Gasteiger partial charge >= 0.3 is 6.01 Å². The topological polar surface area (TPSA) is 63.2 Å². The van der Waals surface area contributed by atoms with Crippen LogP contribution in [-0.2, 0) is 0 Å². The molecule has 0 fully saturated rings. The van der Waals surface area contributed by atoms with Gasteiger partial charge in [-0.3, -0.25) is 0 Å². The first-order chi connectivity index (χ1) is 9.99. The van der Waals surface area contributed by atoms with E-state index in [1.54, 1.807) is 7.05 Å². The molecule has 0 amide bonds. The van der Waals surface area contributed by atoms with Crippen LogP contribution in [0.2, 0.25) is 0 Å². The van der Waals surface area contributed by atoms with Crippen LogP contribution in [0.25, 0.3) is 11.4 Å². The molecule has 0 aliphatic heterocycles. The molecule has 0 bridgehead atoms. The average Bonchev–Trinajstić information content (AvgIpc) is 2.46. The largest absolute Gasteiger partial charge is 0.461 e. The van der Waals surface area contributed by atoms with E-state index >= 15 is 0 Å². The number of nitrogens with one attached hydrogen (secondary N) is 1. The van der Waals surface area contributed by atoms with Crippen LogP contribution >= 0.6 is 0 Å². The van der Waals surface area contributed by atoms with Gasteiger partial charge in [-0.1, -0.05) is 0 Å². The molecule has 6 heteroatoms. The molecule has 1 aromatic carbocycles. The fourth-order valence-electron chi connectivity index (χ4n) is 1.77. The van der Waals surface area contributed by atoms with Crippen LogP contribution in [0.1, 0.15) is 13.8 Å². The van der Waals surface area contributed by atoms with Gasteiger partial charge in [0.15, 0.2) is 5.82 Å². The number of nitrogens with zero attached hydrogens (tertiary/aromatic N) is 4. The van der Waals surface area contributed by atoms with Crippen molar-refractivity contribution in [2.45, 2.75) is 20.0 Å². The second-order valence-electron chi connectivity index (χ2n) is 5.12. The van der Waals surface area contributed by atoms with Crippen molar-refractivity contribution in [1.82, 2.24) is 15.0 Å². The monoisotopic (exact) mass is 287 g/mol. The van der Waals surface area contributed by atoms with Crippen LogP contribution in [-0.4, -0.2) is 42.2 Å². The van der Waals surface area contributed by atoms with Crippen molar-refractivity contribution >= 4 is 11.6 Å². The number of anilines is 2. The summed E-state index contributed by atoms with van der Waals surface area (Å²) in [5, 5.41) is 2.93. The summed E-state index contributed by atoms with van der Waals surface area (Å²) in [6.45, 7) is 3.88. The molecule has 1 N–H and O–H groups in total. The van der Waals surface area contributed by atoms with Gasteiger partial charge in [0.1, 0.15) is 0 Å². The number of hydrogen-bond donors (Lipinski definition) is 1. The lowest BCUT2D eigenvalue weighted by Gasteiger charge is -2.13. The molecule has 0 aliphatic carbocycles. The van der Waals surface area contributed by atoms with Gasteiger partial charge < -0.3 is 15.0 Å². The molecule has 0 unspecified atom stereocenters. The smallest absolute Gasteiger partial charge is 0.322 e. The fraction of sp³-hybridized carbons (Fsp3) is 0.400. The van der Waals surface area contributed by atoms with Crippen molar-refractivity contribution in [2.75, 3.05) is 31.4 Å². The Morgan fingerprint density at radius 1 is 1.05 bits per heavy atom. The van der Waals surface area contributed by atoms with E-state index < -0.39 is 0 Å². The summed E-state index contributed by atoms with van der Waals surface area (Å²) in [4.78, 5) is 15.0. The minimum absolute atomic E-state index is 0.0149. The van der Waals surface area contributed by atoms with Crippen LogP contribution < -0.4 is 15.0 Å². The molecule has 21 heavy (non-hydrogen) atoms. The number of benzene rings is 1. The zero-order valence-electron chi connectivity index (χ0n) is 13.1. The van der Waals surface area contributed by atoms with Gasteiger partial charge in [-0.05, 0) is 38.1 Å². The Hall–Kier alpha value is -2.37. The average molecular weight is 287 g/mol. The summed E-state index contributed by atoms with van der Waals surface area (Å²) in [5.41, 5.74) is 2.05. The standard InChI is InChI=1S/C15H21N5O/c1-10(2)21-15-18-13(17-14(16-3)19-15)11-6-8-12(9-7-11)20(4)5/h6-10H,1-5H3,(H,16,17,18,19). The molecule has 0 spiro atoms. The van der Waals surface area contributed by atoms with Crippen molar-refractivity contribution < 1.29 is 4.74 Å². The van der Waals surface area contributed by atoms with E-state index in [4.69, 9.17) is 4.74 Å². The van der Waals surface area contributed by atoms with Gasteiger partial charge in [0, 0.05) is 32.4 Å². The van der Waals surface area contributed by atoms with Crippen molar-refractivity contribution in [3.8, 4) is 17.4 Å². The second kappa shape index (κ2) is 6.39. The molecule has 2 rings (SSSR count). The Labute approximate surface area is 125 Å². The van der Waals surface area contributed by atoms with E-state index in [1.807, 2.05) is 57.1 Å². The normalized spacial score (nSPS) is 10.6. The minimum Gasteiger partial charge on any atom is -0.461 e. The van der Waals surface area contributed by atoms with Crippen LogP contribution in [0.3, 0.4) is 0 Å². The number of hydrogen-bond acceptors (Lipinski definition) is 6. The summed E-state index contributed by atoms with van der Waals surface area (Å²) >= 11 is 0. The maximum absolute atomic E-state index is 5.57. The Kier molecular flexibility index (Phi) is 4.57. The van der Waals surface area contributed by atoms with Gasteiger partial charge in [-0.15, -0.1) is 0 Å². The Morgan fingerprint density at radius 2 is 1.71 bits per heavy atom. The van der Waals surface area contributed by atoms with E-state index in [9.17, 15) is 0 Å². The summed E-state index contributed by atoms with van der Waals surface area (Å²) in [5.74, 6) is 1.09. The number of aromatic nitrogens is 3. The lowest BCUT2D eigenvalue weighted by Crippen LogP contribution is -2.11. The summed E-state index contributed by atoms with van der Waals surface area (Å²) in [7, 11) is 5.78. The molecule has 2 aromatic rings. The highest BCUT2D eigenvalue weighted by molar-refractivity contribution is 5.61. The Morgan fingerprint density at radius 3 is 2.24 bits per heavy atom. The molecular formula is C15H21N5O. The molecule has 1 heterocycles. The predicted molar refractivity (Wildman–Crippen MR) is 84.9 cm³/mol. The number of rotatable bonds is 5. The van der Waals surface area contributed by atoms with Crippen molar-refractivity contribution in [2.24, 2.45) is 0 Å². The third-order valence-electron chi connectivity index (χ3n) is 2.82. The maximum atomic E-state index is 5.57. The third-order valence-corrected chi connectivity index (χ3v) is 2.82. The highest BCUT2D eigenvalue weighted by atomic mass is 16.5. The molecule has 112 valence electrons.